The van der Waals surface area contributed by atoms with E-state index >= 15 is 0 Å². The van der Waals surface area contributed by atoms with Crippen LogP contribution in [-0.2, 0) is 14.2 Å². The molecule has 2 N–H and O–H groups in total. The van der Waals surface area contributed by atoms with Gasteiger partial charge in [-0.2, -0.15) is 0 Å². The molecule has 7 nitrogen and oxygen atoms in total. The van der Waals surface area contributed by atoms with Crippen LogP contribution in [0.2, 0.25) is 0 Å². The SMILES string of the molecule is COC1C[C@@H](N)CO[C@@H]1c1nnc(C2CC(OC(F)(F)F)C2)o1. The second-order valence-corrected chi connectivity index (χ2v) is 5.86. The Morgan fingerprint density at radius 3 is 2.52 bits per heavy atom. The highest BCUT2D eigenvalue weighted by molar-refractivity contribution is 5.03. The zero-order valence-electron chi connectivity index (χ0n) is 12.5. The predicted molar refractivity (Wildman–Crippen MR) is 69.3 cm³/mol. The average Bonchev–Trinajstić information content (AvgIpc) is 2.90. The molecule has 0 radical (unpaired) electrons. The van der Waals surface area contributed by atoms with Gasteiger partial charge in [0.15, 0.2) is 6.10 Å². The normalized spacial score (nSPS) is 35.1. The minimum Gasteiger partial charge on any atom is -0.422 e. The highest BCUT2D eigenvalue weighted by Crippen LogP contribution is 2.41. The number of nitrogens with two attached hydrogens (primary N) is 1. The van der Waals surface area contributed by atoms with Gasteiger partial charge in [-0.1, -0.05) is 0 Å². The van der Waals surface area contributed by atoms with E-state index in [0.29, 0.717) is 18.9 Å². The van der Waals surface area contributed by atoms with Crippen LogP contribution in [0, 0.1) is 0 Å². The molecule has 2 heterocycles. The first-order valence-electron chi connectivity index (χ1n) is 7.33. The fourth-order valence-corrected chi connectivity index (χ4v) is 2.85. The van der Waals surface area contributed by atoms with Crippen molar-refractivity contribution in [3.8, 4) is 0 Å². The molecule has 10 heteroatoms. The van der Waals surface area contributed by atoms with Crippen LogP contribution in [0.3, 0.4) is 0 Å². The second-order valence-electron chi connectivity index (χ2n) is 5.86. The maximum absolute atomic E-state index is 12.1. The Kier molecular flexibility index (Phi) is 4.59. The fourth-order valence-electron chi connectivity index (χ4n) is 2.85. The molecule has 130 valence electrons. The van der Waals surface area contributed by atoms with Crippen LogP contribution < -0.4 is 5.73 Å². The zero-order chi connectivity index (χ0) is 16.6. The van der Waals surface area contributed by atoms with E-state index in [1.54, 1.807) is 7.11 Å². The van der Waals surface area contributed by atoms with Gasteiger partial charge in [-0.15, -0.1) is 23.4 Å². The number of aromatic nitrogens is 2. The number of hydrogen-bond acceptors (Lipinski definition) is 7. The number of ether oxygens (including phenoxy) is 3. The first-order valence-corrected chi connectivity index (χ1v) is 7.33. The van der Waals surface area contributed by atoms with Crippen molar-refractivity contribution >= 4 is 0 Å². The Morgan fingerprint density at radius 1 is 1.17 bits per heavy atom. The quantitative estimate of drug-likeness (QED) is 0.893. The molecule has 0 spiro atoms. The summed E-state index contributed by atoms with van der Waals surface area (Å²) < 4.78 is 56.7. The van der Waals surface area contributed by atoms with Crippen molar-refractivity contribution in [1.82, 2.24) is 10.2 Å². The van der Waals surface area contributed by atoms with Gasteiger partial charge in [0.25, 0.3) is 0 Å². The number of methoxy groups -OCH3 is 1. The number of hydrogen-bond donors (Lipinski definition) is 1. The summed E-state index contributed by atoms with van der Waals surface area (Å²) in [6.45, 7) is 0.354. The highest BCUT2D eigenvalue weighted by Gasteiger charge is 2.43. The summed E-state index contributed by atoms with van der Waals surface area (Å²) in [6, 6.07) is -0.120. The molecule has 2 fully saturated rings. The first-order chi connectivity index (χ1) is 10.9. The Bertz CT molecular complexity index is 533. The van der Waals surface area contributed by atoms with E-state index in [2.05, 4.69) is 14.9 Å². The smallest absolute Gasteiger partial charge is 0.422 e. The van der Waals surface area contributed by atoms with Crippen molar-refractivity contribution in [1.29, 1.82) is 0 Å². The molecule has 1 aliphatic heterocycles. The Hall–Kier alpha value is -1.23. The Balaban J connectivity index is 1.59. The first kappa shape index (κ1) is 16.6. The highest BCUT2D eigenvalue weighted by atomic mass is 19.4. The minimum atomic E-state index is -4.62. The predicted octanol–water partition coefficient (Wildman–Crippen LogP) is 1.66. The van der Waals surface area contributed by atoms with Crippen molar-refractivity contribution in [2.45, 2.75) is 55.9 Å². The standard InChI is InChI=1S/C13H18F3N3O4/c1-20-9-4-7(17)5-21-10(9)12-19-18-11(22-12)6-2-8(3-6)23-13(14,15)16/h6-10H,2-5,17H2,1H3/t6?,7-,8?,9?,10+/m1/s1. The van der Waals surface area contributed by atoms with E-state index < -0.39 is 18.6 Å². The monoisotopic (exact) mass is 337 g/mol. The van der Waals surface area contributed by atoms with Crippen LogP contribution in [0.1, 0.15) is 43.1 Å². The third-order valence-corrected chi connectivity index (χ3v) is 4.11. The lowest BCUT2D eigenvalue weighted by atomic mass is 9.82. The van der Waals surface area contributed by atoms with Gasteiger partial charge in [0.05, 0.1) is 18.8 Å². The number of halogens is 3. The summed E-state index contributed by atoms with van der Waals surface area (Å²) >= 11 is 0. The van der Waals surface area contributed by atoms with Crippen molar-refractivity contribution in [2.75, 3.05) is 13.7 Å². The summed E-state index contributed by atoms with van der Waals surface area (Å²) in [6.07, 6.45) is -5.28. The number of nitrogens with zero attached hydrogens (tertiary/aromatic N) is 2. The summed E-state index contributed by atoms with van der Waals surface area (Å²) in [5, 5.41) is 7.85. The van der Waals surface area contributed by atoms with Crippen molar-refractivity contribution in [2.24, 2.45) is 5.73 Å². The zero-order valence-corrected chi connectivity index (χ0v) is 12.5. The Morgan fingerprint density at radius 2 is 1.87 bits per heavy atom. The van der Waals surface area contributed by atoms with Crippen molar-refractivity contribution in [3.63, 3.8) is 0 Å². The molecular formula is C13H18F3N3O4. The van der Waals surface area contributed by atoms with Crippen LogP contribution in [0.5, 0.6) is 0 Å². The summed E-state index contributed by atoms with van der Waals surface area (Å²) in [4.78, 5) is 0. The van der Waals surface area contributed by atoms with Crippen LogP contribution in [-0.4, -0.2) is 48.5 Å². The number of rotatable bonds is 4. The molecule has 0 bridgehead atoms. The van der Waals surface area contributed by atoms with E-state index in [1.165, 1.54) is 0 Å². The number of alkyl halides is 3. The molecule has 3 rings (SSSR count). The molecule has 2 aliphatic rings. The van der Waals surface area contributed by atoms with Crippen LogP contribution in [0.4, 0.5) is 13.2 Å². The molecule has 3 atom stereocenters. The molecule has 0 aromatic carbocycles. The van der Waals surface area contributed by atoms with Gasteiger partial charge in [0.1, 0.15) is 0 Å². The van der Waals surface area contributed by atoms with E-state index in [0.717, 1.165) is 0 Å². The molecule has 1 aromatic rings. The molecule has 1 unspecified atom stereocenters. The van der Waals surface area contributed by atoms with E-state index in [9.17, 15) is 13.2 Å². The maximum atomic E-state index is 12.1. The van der Waals surface area contributed by atoms with Gasteiger partial charge in [-0.05, 0) is 19.3 Å². The fraction of sp³-hybridized carbons (Fsp3) is 0.846. The molecule has 0 amide bonds. The summed E-state index contributed by atoms with van der Waals surface area (Å²) in [7, 11) is 1.54. The van der Waals surface area contributed by atoms with Crippen LogP contribution >= 0.6 is 0 Å². The second kappa shape index (κ2) is 6.34. The average molecular weight is 337 g/mol. The lowest BCUT2D eigenvalue weighted by Gasteiger charge is -2.33. The lowest BCUT2D eigenvalue weighted by Crippen LogP contribution is -2.41. The minimum absolute atomic E-state index is 0.120. The third-order valence-electron chi connectivity index (χ3n) is 4.11. The molecule has 1 aliphatic carbocycles. The van der Waals surface area contributed by atoms with E-state index in [4.69, 9.17) is 19.6 Å². The topological polar surface area (TPSA) is 92.6 Å². The van der Waals surface area contributed by atoms with Gasteiger partial charge in [-0.3, -0.25) is 4.74 Å². The van der Waals surface area contributed by atoms with Crippen LogP contribution in [0.25, 0.3) is 0 Å². The van der Waals surface area contributed by atoms with Gasteiger partial charge in [0, 0.05) is 19.1 Å². The van der Waals surface area contributed by atoms with Gasteiger partial charge < -0.3 is 19.6 Å². The van der Waals surface area contributed by atoms with E-state index in [-0.39, 0.29) is 36.8 Å². The third kappa shape index (κ3) is 3.82. The van der Waals surface area contributed by atoms with Gasteiger partial charge in [-0.25, -0.2) is 0 Å². The molecule has 1 aromatic heterocycles. The maximum Gasteiger partial charge on any atom is 0.522 e. The van der Waals surface area contributed by atoms with Crippen molar-refractivity contribution in [3.05, 3.63) is 11.8 Å². The van der Waals surface area contributed by atoms with Gasteiger partial charge >= 0.3 is 6.36 Å². The molecular weight excluding hydrogens is 319 g/mol. The van der Waals surface area contributed by atoms with E-state index in [1.807, 2.05) is 0 Å². The lowest BCUT2D eigenvalue weighted by molar-refractivity contribution is -0.352. The molecule has 1 saturated carbocycles. The Labute approximate surface area is 130 Å². The largest absolute Gasteiger partial charge is 0.522 e. The van der Waals surface area contributed by atoms with Crippen molar-refractivity contribution < 1.29 is 31.8 Å². The molecule has 1 saturated heterocycles. The summed E-state index contributed by atoms with van der Waals surface area (Å²) in [5.74, 6) is 0.338. The molecule has 23 heavy (non-hydrogen) atoms. The summed E-state index contributed by atoms with van der Waals surface area (Å²) in [5.41, 5.74) is 5.81. The van der Waals surface area contributed by atoms with Gasteiger partial charge in [0.2, 0.25) is 11.8 Å². The van der Waals surface area contributed by atoms with Crippen LogP contribution in [0.15, 0.2) is 4.42 Å².